The molecule has 3 nitrogen and oxygen atoms in total. The summed E-state index contributed by atoms with van der Waals surface area (Å²) in [4.78, 5) is 11.5. The zero-order valence-electron chi connectivity index (χ0n) is 10.3. The number of carbonyl (C=O) groups excluding carboxylic acids is 1. The van der Waals surface area contributed by atoms with E-state index in [0.717, 1.165) is 6.07 Å². The summed E-state index contributed by atoms with van der Waals surface area (Å²) in [7, 11) is 1.78. The molecule has 102 valence electrons. The molecule has 0 heterocycles. The number of hydrogen-bond acceptors (Lipinski definition) is 2. The zero-order chi connectivity index (χ0) is 12.8. The lowest BCUT2D eigenvalue weighted by molar-refractivity contribution is -0.120. The van der Waals surface area contributed by atoms with E-state index in [-0.39, 0.29) is 36.3 Å². The maximum Gasteiger partial charge on any atom is 0.224 e. The molecule has 0 saturated carbocycles. The monoisotopic (exact) mass is 278 g/mol. The number of rotatable bonds is 5. The van der Waals surface area contributed by atoms with Crippen molar-refractivity contribution in [1.82, 2.24) is 10.6 Å². The minimum atomic E-state index is -0.954. The standard InChI is InChI=1S/C12H16F2N2O.ClH/c1-8(15-2)7-16-11(17)6-9-4-3-5-10(13)12(9)14;/h3-5,8,15H,6-7H2,1-2H3,(H,16,17);1H. The largest absolute Gasteiger partial charge is 0.354 e. The fraction of sp³-hybridized carbons (Fsp3) is 0.417. The first-order valence-corrected chi connectivity index (χ1v) is 5.41. The molecular formula is C12H17ClF2N2O. The Morgan fingerprint density at radius 2 is 2.06 bits per heavy atom. The number of carbonyl (C=O) groups is 1. The number of amides is 1. The molecule has 2 N–H and O–H groups in total. The van der Waals surface area contributed by atoms with E-state index in [1.165, 1.54) is 12.1 Å². The van der Waals surface area contributed by atoms with Crippen LogP contribution in [0.5, 0.6) is 0 Å². The average molecular weight is 279 g/mol. The molecule has 6 heteroatoms. The van der Waals surface area contributed by atoms with E-state index in [9.17, 15) is 13.6 Å². The smallest absolute Gasteiger partial charge is 0.224 e. The van der Waals surface area contributed by atoms with Crippen LogP contribution in [-0.2, 0) is 11.2 Å². The van der Waals surface area contributed by atoms with Crippen LogP contribution >= 0.6 is 12.4 Å². The second-order valence-corrected chi connectivity index (χ2v) is 3.88. The highest BCUT2D eigenvalue weighted by Crippen LogP contribution is 2.11. The number of benzene rings is 1. The van der Waals surface area contributed by atoms with Crippen molar-refractivity contribution in [2.75, 3.05) is 13.6 Å². The van der Waals surface area contributed by atoms with Crippen LogP contribution in [0.1, 0.15) is 12.5 Å². The van der Waals surface area contributed by atoms with Crippen molar-refractivity contribution in [1.29, 1.82) is 0 Å². The highest BCUT2D eigenvalue weighted by atomic mass is 35.5. The first-order valence-electron chi connectivity index (χ1n) is 5.41. The van der Waals surface area contributed by atoms with Crippen molar-refractivity contribution in [2.24, 2.45) is 0 Å². The summed E-state index contributed by atoms with van der Waals surface area (Å²) in [6, 6.07) is 3.95. The maximum absolute atomic E-state index is 13.3. The van der Waals surface area contributed by atoms with Gasteiger partial charge in [-0.3, -0.25) is 4.79 Å². The van der Waals surface area contributed by atoms with Gasteiger partial charge in [-0.2, -0.15) is 0 Å². The molecular weight excluding hydrogens is 262 g/mol. The molecule has 1 aromatic carbocycles. The van der Waals surface area contributed by atoms with Gasteiger partial charge in [0.05, 0.1) is 6.42 Å². The number of likely N-dealkylation sites (N-methyl/N-ethyl adjacent to an activating group) is 1. The minimum Gasteiger partial charge on any atom is -0.354 e. The second kappa shape index (κ2) is 8.00. The molecule has 0 saturated heterocycles. The van der Waals surface area contributed by atoms with Gasteiger partial charge in [0.1, 0.15) is 0 Å². The van der Waals surface area contributed by atoms with Gasteiger partial charge in [0, 0.05) is 18.2 Å². The number of hydrogen-bond donors (Lipinski definition) is 2. The Kier molecular flexibility index (Phi) is 7.47. The summed E-state index contributed by atoms with van der Waals surface area (Å²) in [5, 5.41) is 5.59. The molecule has 1 rings (SSSR count). The molecule has 0 aliphatic carbocycles. The van der Waals surface area contributed by atoms with Crippen LogP contribution in [-0.4, -0.2) is 25.5 Å². The van der Waals surface area contributed by atoms with E-state index in [2.05, 4.69) is 10.6 Å². The van der Waals surface area contributed by atoms with Gasteiger partial charge < -0.3 is 10.6 Å². The third-order valence-electron chi connectivity index (χ3n) is 2.48. The van der Waals surface area contributed by atoms with E-state index in [1.807, 2.05) is 6.92 Å². The molecule has 0 bridgehead atoms. The molecule has 0 spiro atoms. The van der Waals surface area contributed by atoms with Gasteiger partial charge >= 0.3 is 0 Å². The second-order valence-electron chi connectivity index (χ2n) is 3.88. The molecule has 0 aliphatic heterocycles. The van der Waals surface area contributed by atoms with Crippen molar-refractivity contribution >= 4 is 18.3 Å². The van der Waals surface area contributed by atoms with E-state index in [0.29, 0.717) is 6.54 Å². The van der Waals surface area contributed by atoms with Crippen LogP contribution in [0.3, 0.4) is 0 Å². The molecule has 1 unspecified atom stereocenters. The zero-order valence-corrected chi connectivity index (χ0v) is 11.1. The molecule has 1 atom stereocenters. The highest BCUT2D eigenvalue weighted by Gasteiger charge is 2.11. The van der Waals surface area contributed by atoms with Crippen LogP contribution in [0.25, 0.3) is 0 Å². The summed E-state index contributed by atoms with van der Waals surface area (Å²) in [6.07, 6.45) is -0.153. The van der Waals surface area contributed by atoms with Gasteiger partial charge in [0.25, 0.3) is 0 Å². The van der Waals surface area contributed by atoms with Gasteiger partial charge in [-0.15, -0.1) is 12.4 Å². The first kappa shape index (κ1) is 16.8. The molecule has 1 amide bonds. The van der Waals surface area contributed by atoms with Crippen LogP contribution in [0.4, 0.5) is 8.78 Å². The van der Waals surface area contributed by atoms with Crippen LogP contribution in [0.15, 0.2) is 18.2 Å². The van der Waals surface area contributed by atoms with Crippen LogP contribution in [0, 0.1) is 11.6 Å². The molecule has 0 aliphatic rings. The predicted molar refractivity (Wildman–Crippen MR) is 68.8 cm³/mol. The Morgan fingerprint density at radius 1 is 1.39 bits per heavy atom. The normalized spacial score (nSPS) is 11.6. The molecule has 0 aromatic heterocycles. The van der Waals surface area contributed by atoms with Crippen molar-refractivity contribution in [3.8, 4) is 0 Å². The lowest BCUT2D eigenvalue weighted by atomic mass is 10.1. The molecule has 18 heavy (non-hydrogen) atoms. The van der Waals surface area contributed by atoms with Gasteiger partial charge in [-0.05, 0) is 20.0 Å². The van der Waals surface area contributed by atoms with Crippen molar-refractivity contribution < 1.29 is 13.6 Å². The third-order valence-corrected chi connectivity index (χ3v) is 2.48. The number of halogens is 3. The summed E-state index contributed by atoms with van der Waals surface area (Å²) in [5.74, 6) is -2.21. The lowest BCUT2D eigenvalue weighted by Crippen LogP contribution is -2.37. The molecule has 0 fully saturated rings. The summed E-state index contributed by atoms with van der Waals surface area (Å²) in [5.41, 5.74) is 0.0691. The maximum atomic E-state index is 13.3. The molecule has 0 radical (unpaired) electrons. The van der Waals surface area contributed by atoms with Crippen LogP contribution < -0.4 is 10.6 Å². The van der Waals surface area contributed by atoms with Crippen LogP contribution in [0.2, 0.25) is 0 Å². The first-order chi connectivity index (χ1) is 8.04. The molecule has 1 aromatic rings. The highest BCUT2D eigenvalue weighted by molar-refractivity contribution is 5.85. The average Bonchev–Trinajstić information content (AvgIpc) is 2.32. The van der Waals surface area contributed by atoms with Gasteiger partial charge in [0.15, 0.2) is 11.6 Å². The van der Waals surface area contributed by atoms with Crippen molar-refractivity contribution in [2.45, 2.75) is 19.4 Å². The lowest BCUT2D eigenvalue weighted by Gasteiger charge is -2.11. The Morgan fingerprint density at radius 3 is 2.67 bits per heavy atom. The van der Waals surface area contributed by atoms with Gasteiger partial charge in [-0.1, -0.05) is 12.1 Å². The minimum absolute atomic E-state index is 0. The van der Waals surface area contributed by atoms with Crippen molar-refractivity contribution in [3.63, 3.8) is 0 Å². The topological polar surface area (TPSA) is 41.1 Å². The van der Waals surface area contributed by atoms with Gasteiger partial charge in [-0.25, -0.2) is 8.78 Å². The predicted octanol–water partition coefficient (Wildman–Crippen LogP) is 1.65. The fourth-order valence-corrected chi connectivity index (χ4v) is 1.29. The van der Waals surface area contributed by atoms with Crippen molar-refractivity contribution in [3.05, 3.63) is 35.4 Å². The Hall–Kier alpha value is -1.20. The quantitative estimate of drug-likeness (QED) is 0.860. The van der Waals surface area contributed by atoms with Gasteiger partial charge in [0.2, 0.25) is 5.91 Å². The van der Waals surface area contributed by atoms with E-state index in [1.54, 1.807) is 7.05 Å². The summed E-state index contributed by atoms with van der Waals surface area (Å²) >= 11 is 0. The van der Waals surface area contributed by atoms with E-state index < -0.39 is 11.6 Å². The number of nitrogens with one attached hydrogen (secondary N) is 2. The van der Waals surface area contributed by atoms with E-state index >= 15 is 0 Å². The Bertz CT molecular complexity index is 402. The third kappa shape index (κ3) is 4.98. The Labute approximate surface area is 111 Å². The Balaban J connectivity index is 0.00000289. The summed E-state index contributed by atoms with van der Waals surface area (Å²) in [6.45, 7) is 2.36. The fourth-order valence-electron chi connectivity index (χ4n) is 1.29. The SMILES string of the molecule is CNC(C)CNC(=O)Cc1cccc(F)c1F.Cl. The summed E-state index contributed by atoms with van der Waals surface area (Å²) < 4.78 is 26.1. The van der Waals surface area contributed by atoms with E-state index in [4.69, 9.17) is 0 Å².